The highest BCUT2D eigenvalue weighted by Gasteiger charge is 2.21. The van der Waals surface area contributed by atoms with Gasteiger partial charge in [0.05, 0.1) is 11.9 Å². The molecule has 0 aliphatic heterocycles. The van der Waals surface area contributed by atoms with Crippen molar-refractivity contribution < 1.29 is 0 Å². The molecule has 0 radical (unpaired) electrons. The van der Waals surface area contributed by atoms with Crippen LogP contribution in [0.1, 0.15) is 58.2 Å². The summed E-state index contributed by atoms with van der Waals surface area (Å²) in [7, 11) is 0. The second-order valence-corrected chi connectivity index (χ2v) is 9.22. The van der Waals surface area contributed by atoms with Gasteiger partial charge >= 0.3 is 0 Å². The number of hydrogen-bond acceptors (Lipinski definition) is 2. The van der Waals surface area contributed by atoms with Crippen LogP contribution in [0.5, 0.6) is 0 Å². The number of H-pyrrole nitrogens is 1. The lowest BCUT2D eigenvalue weighted by Gasteiger charge is -2.21. The highest BCUT2D eigenvalue weighted by molar-refractivity contribution is 5.89. The molecular weight excluding hydrogens is 318 g/mol. The fourth-order valence-electron chi connectivity index (χ4n) is 3.03. The Morgan fingerprint density at radius 2 is 1.73 bits per heavy atom. The lowest BCUT2D eigenvalue weighted by Crippen LogP contribution is -2.11. The van der Waals surface area contributed by atoms with E-state index in [0.29, 0.717) is 0 Å². The molecule has 2 heterocycles. The monoisotopic (exact) mass is 347 g/mol. The molecule has 0 saturated carbocycles. The lowest BCUT2D eigenvalue weighted by molar-refractivity contribution is 0.568. The van der Waals surface area contributed by atoms with Gasteiger partial charge in [0.1, 0.15) is 5.52 Å². The van der Waals surface area contributed by atoms with E-state index in [4.69, 9.17) is 4.98 Å². The fraction of sp³-hybridized carbons (Fsp3) is 0.391. The summed E-state index contributed by atoms with van der Waals surface area (Å²) in [6.45, 7) is 19.6. The number of fused-ring (bicyclic) bond motifs is 1. The van der Waals surface area contributed by atoms with Crippen molar-refractivity contribution in [2.24, 2.45) is 5.41 Å². The van der Waals surface area contributed by atoms with Gasteiger partial charge < -0.3 is 4.98 Å². The summed E-state index contributed by atoms with van der Waals surface area (Å²) in [5.74, 6) is 0. The Hall–Kier alpha value is -2.42. The normalized spacial score (nSPS) is 12.6. The molecule has 0 saturated heterocycles. The van der Waals surface area contributed by atoms with Crippen LogP contribution in [0, 0.1) is 12.3 Å². The lowest BCUT2D eigenvalue weighted by atomic mass is 9.84. The van der Waals surface area contributed by atoms with Gasteiger partial charge in [-0.1, -0.05) is 59.8 Å². The number of nitrogens with zero attached hydrogens (tertiary/aromatic N) is 2. The quantitative estimate of drug-likeness (QED) is 0.592. The van der Waals surface area contributed by atoms with Crippen LogP contribution in [0.4, 0.5) is 0 Å². The third-order valence-corrected chi connectivity index (χ3v) is 4.85. The first-order chi connectivity index (χ1) is 12.0. The van der Waals surface area contributed by atoms with Crippen molar-refractivity contribution in [1.29, 1.82) is 0 Å². The highest BCUT2D eigenvalue weighted by Crippen LogP contribution is 2.36. The first-order valence-corrected chi connectivity index (χ1v) is 9.13. The summed E-state index contributed by atoms with van der Waals surface area (Å²) < 4.78 is 0. The molecule has 0 fully saturated rings. The first kappa shape index (κ1) is 18.4. The first-order valence-electron chi connectivity index (χ1n) is 9.13. The van der Waals surface area contributed by atoms with Crippen molar-refractivity contribution in [2.45, 2.75) is 53.9 Å². The fourth-order valence-corrected chi connectivity index (χ4v) is 3.03. The largest absolute Gasteiger partial charge is 0.344 e. The minimum absolute atomic E-state index is 0.0183. The van der Waals surface area contributed by atoms with E-state index in [1.165, 1.54) is 11.1 Å². The van der Waals surface area contributed by atoms with Crippen molar-refractivity contribution >= 4 is 16.7 Å². The van der Waals surface area contributed by atoms with Crippen molar-refractivity contribution in [3.63, 3.8) is 0 Å². The van der Waals surface area contributed by atoms with Crippen molar-refractivity contribution in [2.75, 3.05) is 0 Å². The van der Waals surface area contributed by atoms with E-state index in [2.05, 4.69) is 83.2 Å². The second-order valence-electron chi connectivity index (χ2n) is 9.22. The summed E-state index contributed by atoms with van der Waals surface area (Å²) in [5, 5.41) is 0. The van der Waals surface area contributed by atoms with Gasteiger partial charge in [0.15, 0.2) is 5.65 Å². The molecule has 0 unspecified atom stereocenters. The van der Waals surface area contributed by atoms with Crippen molar-refractivity contribution in [3.05, 3.63) is 53.9 Å². The number of aromatic amines is 1. The van der Waals surface area contributed by atoms with E-state index >= 15 is 0 Å². The maximum atomic E-state index is 4.95. The number of hydrogen-bond donors (Lipinski definition) is 1. The molecule has 136 valence electrons. The molecular formula is C23H29N3. The van der Waals surface area contributed by atoms with Gasteiger partial charge in [-0.15, -0.1) is 0 Å². The van der Waals surface area contributed by atoms with Crippen LogP contribution >= 0.6 is 0 Å². The standard InChI is InChI=1S/C23H29N3/c1-14-9-16(11-17(10-14)23(6,7)8)19-13-25-21-20(26-19)18(12-24-21)15(2)22(3,4)5/h9-13H,2H2,1,3-8H3,(H,24,25). The van der Waals surface area contributed by atoms with Crippen LogP contribution < -0.4 is 0 Å². The summed E-state index contributed by atoms with van der Waals surface area (Å²) >= 11 is 0. The summed E-state index contributed by atoms with van der Waals surface area (Å²) in [6, 6.07) is 6.66. The molecule has 0 amide bonds. The Bertz CT molecular complexity index is 979. The number of allylic oxidation sites excluding steroid dienone is 1. The Kier molecular flexibility index (Phi) is 4.30. The molecule has 26 heavy (non-hydrogen) atoms. The molecule has 3 nitrogen and oxygen atoms in total. The Morgan fingerprint density at radius 1 is 1.04 bits per heavy atom. The minimum Gasteiger partial charge on any atom is -0.344 e. The molecule has 2 aromatic heterocycles. The van der Waals surface area contributed by atoms with E-state index in [-0.39, 0.29) is 10.8 Å². The Balaban J connectivity index is 2.16. The van der Waals surface area contributed by atoms with Crippen LogP contribution in [-0.4, -0.2) is 15.0 Å². The van der Waals surface area contributed by atoms with E-state index in [9.17, 15) is 0 Å². The van der Waals surface area contributed by atoms with Gasteiger partial charge in [-0.25, -0.2) is 9.97 Å². The zero-order valence-electron chi connectivity index (χ0n) is 17.0. The SMILES string of the molecule is C=C(c1c[nH]c2ncc(-c3cc(C)cc(C(C)(C)C)c3)nc12)C(C)(C)C. The summed E-state index contributed by atoms with van der Waals surface area (Å²) in [6.07, 6.45) is 3.82. The minimum atomic E-state index is -0.0183. The maximum absolute atomic E-state index is 4.95. The van der Waals surface area contributed by atoms with Crippen LogP contribution in [0.15, 0.2) is 37.2 Å². The average molecular weight is 348 g/mol. The maximum Gasteiger partial charge on any atom is 0.156 e. The van der Waals surface area contributed by atoms with Crippen LogP contribution in [0.2, 0.25) is 0 Å². The molecule has 0 aliphatic rings. The molecule has 3 heteroatoms. The van der Waals surface area contributed by atoms with E-state index in [1.54, 1.807) is 0 Å². The van der Waals surface area contributed by atoms with Crippen LogP contribution in [0.25, 0.3) is 28.0 Å². The number of rotatable bonds is 2. The van der Waals surface area contributed by atoms with Gasteiger partial charge in [0.25, 0.3) is 0 Å². The van der Waals surface area contributed by atoms with Gasteiger partial charge in [-0.05, 0) is 41.0 Å². The predicted octanol–water partition coefficient (Wildman–Crippen LogP) is 6.29. The predicted molar refractivity (Wildman–Crippen MR) is 111 cm³/mol. The topological polar surface area (TPSA) is 41.6 Å². The van der Waals surface area contributed by atoms with Gasteiger partial charge in [-0.2, -0.15) is 0 Å². The number of aryl methyl sites for hydroxylation is 1. The van der Waals surface area contributed by atoms with E-state index in [0.717, 1.165) is 33.6 Å². The third kappa shape index (κ3) is 3.44. The van der Waals surface area contributed by atoms with Crippen LogP contribution in [-0.2, 0) is 5.41 Å². The number of aromatic nitrogens is 3. The van der Waals surface area contributed by atoms with E-state index < -0.39 is 0 Å². The van der Waals surface area contributed by atoms with Gasteiger partial charge in [0, 0.05) is 17.3 Å². The Labute approximate surface area is 156 Å². The molecule has 1 aromatic carbocycles. The molecule has 0 spiro atoms. The number of nitrogens with one attached hydrogen (secondary N) is 1. The molecule has 1 N–H and O–H groups in total. The van der Waals surface area contributed by atoms with E-state index in [1.807, 2.05) is 12.4 Å². The average Bonchev–Trinajstić information content (AvgIpc) is 2.94. The highest BCUT2D eigenvalue weighted by atomic mass is 14.9. The third-order valence-electron chi connectivity index (χ3n) is 4.85. The molecule has 0 bridgehead atoms. The molecule has 3 rings (SSSR count). The molecule has 0 aliphatic carbocycles. The van der Waals surface area contributed by atoms with Gasteiger partial charge in [0.2, 0.25) is 0 Å². The molecule has 3 aromatic rings. The Morgan fingerprint density at radius 3 is 2.35 bits per heavy atom. The van der Waals surface area contributed by atoms with Crippen molar-refractivity contribution in [3.8, 4) is 11.3 Å². The zero-order chi connectivity index (χ0) is 19.3. The van der Waals surface area contributed by atoms with Gasteiger partial charge in [-0.3, -0.25) is 0 Å². The smallest absolute Gasteiger partial charge is 0.156 e. The van der Waals surface area contributed by atoms with Crippen LogP contribution in [0.3, 0.4) is 0 Å². The zero-order valence-corrected chi connectivity index (χ0v) is 17.0. The number of benzene rings is 1. The van der Waals surface area contributed by atoms with Crippen molar-refractivity contribution in [1.82, 2.24) is 15.0 Å². The summed E-state index contributed by atoms with van der Waals surface area (Å²) in [5.41, 5.74) is 8.44. The second kappa shape index (κ2) is 6.08. The summed E-state index contributed by atoms with van der Waals surface area (Å²) in [4.78, 5) is 12.8. The molecule has 0 atom stereocenters.